The summed E-state index contributed by atoms with van der Waals surface area (Å²) in [5, 5.41) is 8.86. The molecular weight excluding hydrogens is 180 g/mol. The lowest BCUT2D eigenvalue weighted by Gasteiger charge is -2.11. The molecule has 4 nitrogen and oxygen atoms in total. The van der Waals surface area contributed by atoms with Crippen LogP contribution in [-0.4, -0.2) is 16.3 Å². The van der Waals surface area contributed by atoms with Crippen molar-refractivity contribution in [3.8, 4) is 0 Å². The maximum atomic E-state index is 11.5. The number of aryl methyl sites for hydroxylation is 1. The number of hydrogen-bond acceptors (Lipinski definition) is 3. The summed E-state index contributed by atoms with van der Waals surface area (Å²) in [4.78, 5) is 11.5. The van der Waals surface area contributed by atoms with E-state index in [0.717, 1.165) is 5.56 Å². The predicted molar refractivity (Wildman–Crippen MR) is 56.1 cm³/mol. The first kappa shape index (κ1) is 10.8. The van der Waals surface area contributed by atoms with Crippen LogP contribution in [0.3, 0.4) is 0 Å². The van der Waals surface area contributed by atoms with Gasteiger partial charge in [0, 0.05) is 25.4 Å². The van der Waals surface area contributed by atoms with Crippen molar-refractivity contribution in [3.05, 3.63) is 28.2 Å². The van der Waals surface area contributed by atoms with Crippen molar-refractivity contribution in [2.45, 2.75) is 20.4 Å². The molecule has 1 unspecified atom stereocenters. The molecule has 0 aliphatic heterocycles. The molecule has 14 heavy (non-hydrogen) atoms. The predicted octanol–water partition coefficient (Wildman–Crippen LogP) is 0.367. The topological polar surface area (TPSA) is 68.2 Å². The Balaban J connectivity index is 2.98. The number of rotatable bonds is 3. The molecule has 4 heteroatoms. The van der Waals surface area contributed by atoms with Crippen molar-refractivity contribution < 1.29 is 5.11 Å². The highest BCUT2D eigenvalue weighted by molar-refractivity contribution is 5.42. The van der Waals surface area contributed by atoms with Crippen LogP contribution in [0.1, 0.15) is 12.5 Å². The number of hydrogen-bond donors (Lipinski definition) is 2. The van der Waals surface area contributed by atoms with Gasteiger partial charge in [0.1, 0.15) is 0 Å². The summed E-state index contributed by atoms with van der Waals surface area (Å²) in [6.45, 7) is 4.25. The largest absolute Gasteiger partial charge is 0.397 e. The number of nitrogens with zero attached hydrogens (tertiary/aromatic N) is 1. The summed E-state index contributed by atoms with van der Waals surface area (Å²) in [7, 11) is 0. The molecule has 0 amide bonds. The molecule has 1 rings (SSSR count). The monoisotopic (exact) mass is 196 g/mol. The number of nitrogens with two attached hydrogens (primary N) is 1. The molecule has 1 heterocycles. The molecule has 0 aliphatic rings. The second-order valence-corrected chi connectivity index (χ2v) is 3.69. The SMILES string of the molecule is Cc1cc(=O)n(CC(C)CO)cc1N. The zero-order chi connectivity index (χ0) is 10.7. The fourth-order valence-electron chi connectivity index (χ4n) is 1.22. The van der Waals surface area contributed by atoms with E-state index in [-0.39, 0.29) is 18.1 Å². The minimum atomic E-state index is -0.0722. The lowest BCUT2D eigenvalue weighted by Crippen LogP contribution is -2.24. The van der Waals surface area contributed by atoms with Crippen LogP contribution in [0.15, 0.2) is 17.1 Å². The molecule has 0 aromatic carbocycles. The van der Waals surface area contributed by atoms with Crippen molar-refractivity contribution in [3.63, 3.8) is 0 Å². The lowest BCUT2D eigenvalue weighted by molar-refractivity contribution is 0.222. The van der Waals surface area contributed by atoms with Gasteiger partial charge in [-0.2, -0.15) is 0 Å². The van der Waals surface area contributed by atoms with E-state index in [1.54, 1.807) is 13.1 Å². The van der Waals surface area contributed by atoms with Gasteiger partial charge in [0.2, 0.25) is 0 Å². The number of pyridine rings is 1. The first-order valence-electron chi connectivity index (χ1n) is 4.62. The Morgan fingerprint density at radius 2 is 2.29 bits per heavy atom. The number of aliphatic hydroxyl groups excluding tert-OH is 1. The van der Waals surface area contributed by atoms with Crippen LogP contribution >= 0.6 is 0 Å². The maximum absolute atomic E-state index is 11.5. The van der Waals surface area contributed by atoms with E-state index < -0.39 is 0 Å². The molecule has 1 atom stereocenters. The molecule has 3 N–H and O–H groups in total. The first-order valence-corrected chi connectivity index (χ1v) is 4.62. The van der Waals surface area contributed by atoms with E-state index in [0.29, 0.717) is 12.2 Å². The minimum absolute atomic E-state index is 0.0646. The Labute approximate surface area is 83.0 Å². The molecule has 0 saturated carbocycles. The third kappa shape index (κ3) is 2.35. The highest BCUT2D eigenvalue weighted by Gasteiger charge is 2.04. The Bertz CT molecular complexity index is 371. The van der Waals surface area contributed by atoms with E-state index in [1.807, 2.05) is 6.92 Å². The molecule has 1 aromatic heterocycles. The fraction of sp³-hybridized carbons (Fsp3) is 0.500. The van der Waals surface area contributed by atoms with E-state index in [9.17, 15) is 4.79 Å². The molecular formula is C10H16N2O2. The van der Waals surface area contributed by atoms with E-state index >= 15 is 0 Å². The molecule has 0 saturated heterocycles. The number of aromatic nitrogens is 1. The van der Waals surface area contributed by atoms with Gasteiger partial charge >= 0.3 is 0 Å². The highest BCUT2D eigenvalue weighted by atomic mass is 16.3. The Hall–Kier alpha value is -1.29. The lowest BCUT2D eigenvalue weighted by atomic mass is 10.2. The van der Waals surface area contributed by atoms with E-state index in [4.69, 9.17) is 10.8 Å². The molecule has 78 valence electrons. The van der Waals surface area contributed by atoms with Crippen molar-refractivity contribution in [1.29, 1.82) is 0 Å². The van der Waals surface area contributed by atoms with Crippen molar-refractivity contribution in [2.24, 2.45) is 5.92 Å². The van der Waals surface area contributed by atoms with Crippen LogP contribution in [0, 0.1) is 12.8 Å². The van der Waals surface area contributed by atoms with Gasteiger partial charge in [-0.3, -0.25) is 4.79 Å². The summed E-state index contributed by atoms with van der Waals surface area (Å²) >= 11 is 0. The van der Waals surface area contributed by atoms with Crippen LogP contribution in [-0.2, 0) is 6.54 Å². The number of anilines is 1. The van der Waals surface area contributed by atoms with Crippen LogP contribution in [0.25, 0.3) is 0 Å². The maximum Gasteiger partial charge on any atom is 0.250 e. The molecule has 0 radical (unpaired) electrons. The number of aliphatic hydroxyl groups is 1. The zero-order valence-corrected chi connectivity index (χ0v) is 8.53. The van der Waals surface area contributed by atoms with Gasteiger partial charge in [0.25, 0.3) is 5.56 Å². The van der Waals surface area contributed by atoms with Gasteiger partial charge in [0.05, 0.1) is 5.69 Å². The smallest absolute Gasteiger partial charge is 0.250 e. The molecule has 0 aliphatic carbocycles. The van der Waals surface area contributed by atoms with Crippen molar-refractivity contribution >= 4 is 5.69 Å². The van der Waals surface area contributed by atoms with Gasteiger partial charge < -0.3 is 15.4 Å². The zero-order valence-electron chi connectivity index (χ0n) is 8.53. The van der Waals surface area contributed by atoms with Crippen LogP contribution < -0.4 is 11.3 Å². The second-order valence-electron chi connectivity index (χ2n) is 3.69. The third-order valence-corrected chi connectivity index (χ3v) is 2.19. The highest BCUT2D eigenvalue weighted by Crippen LogP contribution is 2.06. The average Bonchev–Trinajstić information content (AvgIpc) is 2.14. The average molecular weight is 196 g/mol. The first-order chi connectivity index (χ1) is 6.54. The van der Waals surface area contributed by atoms with Gasteiger partial charge in [-0.25, -0.2) is 0 Å². The van der Waals surface area contributed by atoms with Gasteiger partial charge in [-0.1, -0.05) is 6.92 Å². The van der Waals surface area contributed by atoms with E-state index in [2.05, 4.69) is 0 Å². The normalized spacial score (nSPS) is 12.8. The second kappa shape index (κ2) is 4.28. The molecule has 0 fully saturated rings. The van der Waals surface area contributed by atoms with Crippen LogP contribution in [0.4, 0.5) is 5.69 Å². The number of nitrogen functional groups attached to an aromatic ring is 1. The standard InChI is InChI=1S/C10H16N2O2/c1-7(6-13)4-12-5-9(11)8(2)3-10(12)14/h3,5,7,13H,4,6,11H2,1-2H3. The fourth-order valence-corrected chi connectivity index (χ4v) is 1.22. The van der Waals surface area contributed by atoms with E-state index in [1.165, 1.54) is 10.6 Å². The van der Waals surface area contributed by atoms with Crippen LogP contribution in [0.2, 0.25) is 0 Å². The van der Waals surface area contributed by atoms with Gasteiger partial charge in [0.15, 0.2) is 0 Å². The summed E-state index contributed by atoms with van der Waals surface area (Å²) in [6.07, 6.45) is 1.63. The van der Waals surface area contributed by atoms with Gasteiger partial charge in [-0.15, -0.1) is 0 Å². The molecule has 1 aromatic rings. The third-order valence-electron chi connectivity index (χ3n) is 2.19. The quantitative estimate of drug-likeness (QED) is 0.733. The molecule has 0 bridgehead atoms. The minimum Gasteiger partial charge on any atom is -0.397 e. The summed E-state index contributed by atoms with van der Waals surface area (Å²) < 4.78 is 1.53. The van der Waals surface area contributed by atoms with Gasteiger partial charge in [-0.05, 0) is 18.4 Å². The Morgan fingerprint density at radius 3 is 2.86 bits per heavy atom. The Morgan fingerprint density at radius 1 is 1.64 bits per heavy atom. The summed E-state index contributed by atoms with van der Waals surface area (Å²) in [5.74, 6) is 0.0646. The summed E-state index contributed by atoms with van der Waals surface area (Å²) in [6, 6.07) is 1.51. The molecule has 0 spiro atoms. The summed E-state index contributed by atoms with van der Waals surface area (Å²) in [5.41, 5.74) is 7.01. The van der Waals surface area contributed by atoms with Crippen molar-refractivity contribution in [2.75, 3.05) is 12.3 Å². The Kier molecular flexibility index (Phi) is 3.30. The van der Waals surface area contributed by atoms with Crippen molar-refractivity contribution in [1.82, 2.24) is 4.57 Å². The van der Waals surface area contributed by atoms with Crippen LogP contribution in [0.5, 0.6) is 0 Å².